The molecule has 1 aliphatic rings. The maximum atomic E-state index is 14.3. The minimum absolute atomic E-state index is 0.248. The zero-order valence-corrected chi connectivity index (χ0v) is 22.8. The van der Waals surface area contributed by atoms with Gasteiger partial charge in [-0.3, -0.25) is 4.90 Å². The van der Waals surface area contributed by atoms with Gasteiger partial charge in [-0.25, -0.2) is 17.6 Å². The van der Waals surface area contributed by atoms with Crippen LogP contribution < -0.4 is 0 Å². The second-order valence-corrected chi connectivity index (χ2v) is 11.5. The predicted octanol–water partition coefficient (Wildman–Crippen LogP) is 4.84. The van der Waals surface area contributed by atoms with E-state index in [1.165, 1.54) is 23.5 Å². The molecule has 4 rings (SSSR count). The number of ether oxygens (including phenoxy) is 2. The number of methoxy groups -OCH3 is 1. The molecule has 1 heterocycles. The average molecular weight is 561 g/mol. The van der Waals surface area contributed by atoms with Crippen LogP contribution in [0.1, 0.15) is 33.2 Å². The van der Waals surface area contributed by atoms with Gasteiger partial charge in [0.05, 0.1) is 25.4 Å². The minimum Gasteiger partial charge on any atom is -0.465 e. The first-order chi connectivity index (χ1) is 18.2. The summed E-state index contributed by atoms with van der Waals surface area (Å²) in [6.07, 6.45) is -0.301. The second-order valence-electron chi connectivity index (χ2n) is 9.18. The third kappa shape index (κ3) is 6.78. The van der Waals surface area contributed by atoms with Crippen LogP contribution in [0.15, 0.2) is 71.6 Å². The molecule has 10 heteroatoms. The van der Waals surface area contributed by atoms with Crippen molar-refractivity contribution in [2.24, 2.45) is 0 Å². The number of nitrogens with zero attached hydrogens (tertiary/aromatic N) is 2. The summed E-state index contributed by atoms with van der Waals surface area (Å²) in [6.45, 7) is 4.04. The number of hydrogen-bond donors (Lipinski definition) is 0. The van der Waals surface area contributed by atoms with Gasteiger partial charge in [0.15, 0.2) is 0 Å². The van der Waals surface area contributed by atoms with E-state index in [0.29, 0.717) is 42.4 Å². The van der Waals surface area contributed by atoms with E-state index in [0.717, 1.165) is 11.1 Å². The summed E-state index contributed by atoms with van der Waals surface area (Å²) in [5, 5.41) is 0.619. The fraction of sp³-hybridized carbons (Fsp3) is 0.321. The predicted molar refractivity (Wildman–Crippen MR) is 143 cm³/mol. The van der Waals surface area contributed by atoms with Gasteiger partial charge in [-0.15, -0.1) is 0 Å². The molecule has 0 radical (unpaired) electrons. The van der Waals surface area contributed by atoms with E-state index in [4.69, 9.17) is 21.1 Å². The lowest BCUT2D eigenvalue weighted by atomic mass is 10.1. The van der Waals surface area contributed by atoms with Gasteiger partial charge in [0.2, 0.25) is 10.0 Å². The first-order valence-corrected chi connectivity index (χ1v) is 14.0. The molecule has 0 saturated carbocycles. The number of carbonyl (C=O) groups is 1. The number of benzene rings is 3. The van der Waals surface area contributed by atoms with Crippen molar-refractivity contribution < 1.29 is 27.1 Å². The SMILES string of the molecule is COC(=O)c1ccc(CO[C@H](CN2CCN(S(=O)(=O)c3cc(C)ccc3F)CC2)c2ccc(Cl)cc2)cc1. The lowest BCUT2D eigenvalue weighted by molar-refractivity contribution is 0.00770. The van der Waals surface area contributed by atoms with Crippen molar-refractivity contribution in [3.63, 3.8) is 0 Å². The van der Waals surface area contributed by atoms with Crippen LogP contribution in [0.25, 0.3) is 0 Å². The van der Waals surface area contributed by atoms with E-state index in [1.807, 2.05) is 24.3 Å². The Hall–Kier alpha value is -2.82. The number of sulfonamides is 1. The minimum atomic E-state index is -3.93. The molecule has 7 nitrogen and oxygen atoms in total. The number of rotatable bonds is 9. The second kappa shape index (κ2) is 12.4. The Morgan fingerprint density at radius 2 is 1.66 bits per heavy atom. The van der Waals surface area contributed by atoms with E-state index in [2.05, 4.69) is 4.90 Å². The van der Waals surface area contributed by atoms with Crippen LogP contribution in [0.2, 0.25) is 5.02 Å². The highest BCUT2D eigenvalue weighted by molar-refractivity contribution is 7.89. The zero-order valence-electron chi connectivity index (χ0n) is 21.3. The third-order valence-corrected chi connectivity index (χ3v) is 8.69. The van der Waals surface area contributed by atoms with E-state index in [1.54, 1.807) is 37.3 Å². The first kappa shape index (κ1) is 28.2. The van der Waals surface area contributed by atoms with Gasteiger partial charge >= 0.3 is 5.97 Å². The van der Waals surface area contributed by atoms with Crippen molar-refractivity contribution >= 4 is 27.6 Å². The number of hydrogen-bond acceptors (Lipinski definition) is 6. The Morgan fingerprint density at radius 3 is 2.29 bits per heavy atom. The van der Waals surface area contributed by atoms with Crippen molar-refractivity contribution in [3.8, 4) is 0 Å². The number of carbonyl (C=O) groups excluding carboxylic acids is 1. The van der Waals surface area contributed by atoms with Crippen molar-refractivity contribution in [1.29, 1.82) is 0 Å². The van der Waals surface area contributed by atoms with Crippen LogP contribution in [0.5, 0.6) is 0 Å². The smallest absolute Gasteiger partial charge is 0.337 e. The molecule has 3 aromatic rings. The van der Waals surface area contributed by atoms with Gasteiger partial charge in [-0.1, -0.05) is 41.9 Å². The number of halogens is 2. The van der Waals surface area contributed by atoms with Crippen LogP contribution in [0.4, 0.5) is 4.39 Å². The summed E-state index contributed by atoms with van der Waals surface area (Å²) in [5.41, 5.74) is 2.99. The topological polar surface area (TPSA) is 76.2 Å². The fourth-order valence-electron chi connectivity index (χ4n) is 4.32. The number of aryl methyl sites for hydroxylation is 1. The maximum Gasteiger partial charge on any atom is 0.337 e. The Labute approximate surface area is 227 Å². The highest BCUT2D eigenvalue weighted by Crippen LogP contribution is 2.26. The lowest BCUT2D eigenvalue weighted by Crippen LogP contribution is -2.49. The Kier molecular flexibility index (Phi) is 9.17. The Balaban J connectivity index is 1.42. The molecule has 0 bridgehead atoms. The third-order valence-electron chi connectivity index (χ3n) is 6.53. The molecule has 38 heavy (non-hydrogen) atoms. The van der Waals surface area contributed by atoms with Crippen molar-refractivity contribution in [1.82, 2.24) is 9.21 Å². The summed E-state index contributed by atoms with van der Waals surface area (Å²) in [4.78, 5) is 13.5. The monoisotopic (exact) mass is 560 g/mol. The molecule has 1 aliphatic heterocycles. The summed E-state index contributed by atoms with van der Waals surface area (Å²) >= 11 is 6.09. The largest absolute Gasteiger partial charge is 0.465 e. The molecule has 1 saturated heterocycles. The van der Waals surface area contributed by atoms with E-state index >= 15 is 0 Å². The lowest BCUT2D eigenvalue weighted by Gasteiger charge is -2.36. The van der Waals surface area contributed by atoms with Gasteiger partial charge in [0.1, 0.15) is 10.7 Å². The molecule has 1 atom stereocenters. The molecule has 1 fully saturated rings. The van der Waals surface area contributed by atoms with Gasteiger partial charge < -0.3 is 9.47 Å². The molecule has 0 aromatic heterocycles. The number of esters is 1. The van der Waals surface area contributed by atoms with Gasteiger partial charge in [0.25, 0.3) is 0 Å². The van der Waals surface area contributed by atoms with Crippen LogP contribution in [0.3, 0.4) is 0 Å². The summed E-state index contributed by atoms with van der Waals surface area (Å²) in [5.74, 6) is -1.14. The highest BCUT2D eigenvalue weighted by Gasteiger charge is 2.31. The molecule has 0 spiro atoms. The summed E-state index contributed by atoms with van der Waals surface area (Å²) in [6, 6.07) is 18.6. The highest BCUT2D eigenvalue weighted by atomic mass is 35.5. The molecule has 0 aliphatic carbocycles. The standard InChI is InChI=1S/C28H30ClFN2O5S/c1-20-3-12-25(30)27(17-20)38(34,35)32-15-13-31(14-16-32)18-26(22-8-10-24(29)11-9-22)37-19-21-4-6-23(7-5-21)28(33)36-2/h3-12,17,26H,13-16,18-19H2,1-2H3/t26-/m1/s1. The summed E-state index contributed by atoms with van der Waals surface area (Å²) in [7, 11) is -2.59. The van der Waals surface area contributed by atoms with Crippen LogP contribution in [0, 0.1) is 12.7 Å². The van der Waals surface area contributed by atoms with Crippen LogP contribution in [-0.2, 0) is 26.1 Å². The van der Waals surface area contributed by atoms with Crippen molar-refractivity contribution in [3.05, 3.63) is 99.8 Å². The molecular weight excluding hydrogens is 531 g/mol. The van der Waals surface area contributed by atoms with Gasteiger partial charge in [-0.2, -0.15) is 4.31 Å². The molecule has 0 unspecified atom stereocenters. The normalized spacial score (nSPS) is 15.8. The van der Waals surface area contributed by atoms with Crippen molar-refractivity contribution in [2.75, 3.05) is 39.8 Å². The van der Waals surface area contributed by atoms with E-state index < -0.39 is 21.8 Å². The van der Waals surface area contributed by atoms with Gasteiger partial charge in [-0.05, 0) is 60.0 Å². The Bertz CT molecular complexity index is 1360. The number of piperazine rings is 1. The van der Waals surface area contributed by atoms with Crippen LogP contribution >= 0.6 is 11.6 Å². The molecule has 0 amide bonds. The summed E-state index contributed by atoms with van der Waals surface area (Å²) < 4.78 is 52.9. The van der Waals surface area contributed by atoms with E-state index in [9.17, 15) is 17.6 Å². The molecular formula is C28H30ClFN2O5S. The van der Waals surface area contributed by atoms with E-state index in [-0.39, 0.29) is 24.1 Å². The quantitative estimate of drug-likeness (QED) is 0.349. The Morgan fingerprint density at radius 1 is 1.00 bits per heavy atom. The fourth-order valence-corrected chi connectivity index (χ4v) is 6.02. The first-order valence-electron chi connectivity index (χ1n) is 12.2. The zero-order chi connectivity index (χ0) is 27.3. The molecule has 3 aromatic carbocycles. The van der Waals surface area contributed by atoms with Crippen molar-refractivity contribution in [2.45, 2.75) is 24.5 Å². The van der Waals surface area contributed by atoms with Gasteiger partial charge in [0, 0.05) is 37.7 Å². The maximum absolute atomic E-state index is 14.3. The molecule has 202 valence electrons. The molecule has 0 N–H and O–H groups in total. The average Bonchev–Trinajstić information content (AvgIpc) is 2.93. The van der Waals surface area contributed by atoms with Crippen LogP contribution in [-0.4, -0.2) is 63.4 Å².